The van der Waals surface area contributed by atoms with Crippen molar-refractivity contribution in [1.82, 2.24) is 14.9 Å². The Morgan fingerprint density at radius 1 is 1.28 bits per heavy atom. The number of amides is 1. The molecule has 0 bridgehead atoms. The van der Waals surface area contributed by atoms with Crippen LogP contribution in [-0.4, -0.2) is 51.9 Å². The van der Waals surface area contributed by atoms with Crippen molar-refractivity contribution in [1.29, 1.82) is 0 Å². The van der Waals surface area contributed by atoms with Crippen LogP contribution in [0.3, 0.4) is 0 Å². The second kappa shape index (κ2) is 7.85. The zero-order chi connectivity index (χ0) is 17.9. The highest BCUT2D eigenvalue weighted by Gasteiger charge is 2.31. The van der Waals surface area contributed by atoms with Gasteiger partial charge in [0.15, 0.2) is 0 Å². The topological polar surface area (TPSA) is 78.5 Å². The molecule has 0 radical (unpaired) electrons. The van der Waals surface area contributed by atoms with Gasteiger partial charge >= 0.3 is 0 Å². The van der Waals surface area contributed by atoms with Crippen LogP contribution in [0, 0.1) is 18.8 Å². The number of rotatable bonds is 5. The van der Waals surface area contributed by atoms with Crippen LogP contribution >= 0.6 is 0 Å². The number of hydrogen-bond donors (Lipinski definition) is 2. The van der Waals surface area contributed by atoms with Gasteiger partial charge in [0.05, 0.1) is 10.8 Å². The molecule has 0 saturated carbocycles. The molecule has 1 amide bonds. The summed E-state index contributed by atoms with van der Waals surface area (Å²) >= 11 is 0. The van der Waals surface area contributed by atoms with Crippen LogP contribution in [0.1, 0.15) is 24.8 Å². The van der Waals surface area contributed by atoms with E-state index in [1.54, 1.807) is 24.3 Å². The summed E-state index contributed by atoms with van der Waals surface area (Å²) in [6, 6.07) is 6.85. The highest BCUT2D eigenvalue weighted by atomic mass is 32.2. The number of piperidine rings is 1. The largest absolute Gasteiger partial charge is 0.342 e. The van der Waals surface area contributed by atoms with E-state index in [-0.39, 0.29) is 17.7 Å². The van der Waals surface area contributed by atoms with Crippen molar-refractivity contribution in [2.75, 3.05) is 32.7 Å². The van der Waals surface area contributed by atoms with Gasteiger partial charge in [-0.2, -0.15) is 0 Å². The van der Waals surface area contributed by atoms with Crippen LogP contribution < -0.4 is 10.0 Å². The van der Waals surface area contributed by atoms with Gasteiger partial charge in [0.25, 0.3) is 0 Å². The monoisotopic (exact) mass is 365 g/mol. The fraction of sp³-hybridized carbons (Fsp3) is 0.611. The Bertz CT molecular complexity index is 697. The van der Waals surface area contributed by atoms with Crippen molar-refractivity contribution in [2.24, 2.45) is 11.8 Å². The lowest BCUT2D eigenvalue weighted by Crippen LogP contribution is -2.46. The van der Waals surface area contributed by atoms with Gasteiger partial charge in [-0.05, 0) is 50.8 Å². The van der Waals surface area contributed by atoms with E-state index in [1.165, 1.54) is 0 Å². The van der Waals surface area contributed by atoms with E-state index in [1.807, 2.05) is 11.8 Å². The Hall–Kier alpha value is -1.44. The molecule has 3 rings (SSSR count). The van der Waals surface area contributed by atoms with Crippen molar-refractivity contribution < 1.29 is 13.2 Å². The van der Waals surface area contributed by atoms with Crippen molar-refractivity contribution >= 4 is 15.9 Å². The van der Waals surface area contributed by atoms with Gasteiger partial charge in [0, 0.05) is 26.2 Å². The van der Waals surface area contributed by atoms with Gasteiger partial charge in [0.2, 0.25) is 15.9 Å². The van der Waals surface area contributed by atoms with E-state index in [0.717, 1.165) is 44.5 Å². The molecule has 7 heteroatoms. The van der Waals surface area contributed by atoms with E-state index in [0.29, 0.717) is 18.0 Å². The van der Waals surface area contributed by atoms with E-state index >= 15 is 0 Å². The lowest BCUT2D eigenvalue weighted by molar-refractivity contribution is -0.136. The van der Waals surface area contributed by atoms with E-state index < -0.39 is 10.0 Å². The molecule has 1 aromatic rings. The number of likely N-dealkylation sites (tertiary alicyclic amines) is 1. The van der Waals surface area contributed by atoms with Crippen molar-refractivity contribution in [3.63, 3.8) is 0 Å². The summed E-state index contributed by atoms with van der Waals surface area (Å²) in [5.41, 5.74) is 1.03. The first kappa shape index (κ1) is 18.4. The Kier molecular flexibility index (Phi) is 5.76. The van der Waals surface area contributed by atoms with Gasteiger partial charge in [-0.15, -0.1) is 0 Å². The van der Waals surface area contributed by atoms with Crippen molar-refractivity contribution in [3.8, 4) is 0 Å². The standard InChI is InChI=1S/C18H27N3O3S/c1-14-4-6-17(7-5-14)25(23,24)20-11-15-3-2-10-21(13-15)18(22)16-8-9-19-12-16/h4-7,15-16,19-20H,2-3,8-13H2,1H3. The average Bonchev–Trinajstić information content (AvgIpc) is 3.15. The third-order valence-electron chi connectivity index (χ3n) is 5.13. The summed E-state index contributed by atoms with van der Waals surface area (Å²) in [6.07, 6.45) is 2.78. The van der Waals surface area contributed by atoms with Gasteiger partial charge in [-0.1, -0.05) is 17.7 Å². The molecule has 2 N–H and O–H groups in total. The Morgan fingerprint density at radius 3 is 2.72 bits per heavy atom. The average molecular weight is 365 g/mol. The molecule has 2 unspecified atom stereocenters. The number of carbonyl (C=O) groups excluding carboxylic acids is 1. The summed E-state index contributed by atoms with van der Waals surface area (Å²) in [5, 5.41) is 3.23. The normalized spacial score (nSPS) is 24.4. The molecular weight excluding hydrogens is 338 g/mol. The molecule has 6 nitrogen and oxygen atoms in total. The smallest absolute Gasteiger partial charge is 0.240 e. The molecule has 2 saturated heterocycles. The summed E-state index contributed by atoms with van der Waals surface area (Å²) in [4.78, 5) is 14.8. The van der Waals surface area contributed by atoms with Gasteiger partial charge in [-0.25, -0.2) is 13.1 Å². The molecule has 2 aliphatic heterocycles. The molecule has 0 aliphatic carbocycles. The Morgan fingerprint density at radius 2 is 2.04 bits per heavy atom. The number of nitrogens with one attached hydrogen (secondary N) is 2. The SMILES string of the molecule is Cc1ccc(S(=O)(=O)NCC2CCCN(C(=O)C3CCNC3)C2)cc1. The van der Waals surface area contributed by atoms with Crippen LogP contribution in [0.15, 0.2) is 29.2 Å². The highest BCUT2D eigenvalue weighted by Crippen LogP contribution is 2.21. The van der Waals surface area contributed by atoms with Crippen LogP contribution in [0.25, 0.3) is 0 Å². The molecule has 2 fully saturated rings. The third-order valence-corrected chi connectivity index (χ3v) is 6.57. The molecular formula is C18H27N3O3S. The summed E-state index contributed by atoms with van der Waals surface area (Å²) in [5.74, 6) is 0.478. The predicted octanol–water partition coefficient (Wildman–Crippen LogP) is 1.12. The molecule has 2 aliphatic rings. The zero-order valence-corrected chi connectivity index (χ0v) is 15.5. The lowest BCUT2D eigenvalue weighted by Gasteiger charge is -2.34. The minimum absolute atomic E-state index is 0.0861. The minimum atomic E-state index is -3.49. The van der Waals surface area contributed by atoms with Crippen molar-refractivity contribution in [3.05, 3.63) is 29.8 Å². The summed E-state index contributed by atoms with van der Waals surface area (Å²) in [7, 11) is -3.49. The highest BCUT2D eigenvalue weighted by molar-refractivity contribution is 7.89. The van der Waals surface area contributed by atoms with Crippen LogP contribution in [0.4, 0.5) is 0 Å². The van der Waals surface area contributed by atoms with Gasteiger partial charge < -0.3 is 10.2 Å². The minimum Gasteiger partial charge on any atom is -0.342 e. The molecule has 1 aromatic carbocycles. The second-order valence-electron chi connectivity index (χ2n) is 7.15. The quantitative estimate of drug-likeness (QED) is 0.820. The second-order valence-corrected chi connectivity index (χ2v) is 8.91. The van der Waals surface area contributed by atoms with E-state index in [9.17, 15) is 13.2 Å². The van der Waals surface area contributed by atoms with E-state index in [2.05, 4.69) is 10.0 Å². The molecule has 138 valence electrons. The van der Waals surface area contributed by atoms with Crippen LogP contribution in [-0.2, 0) is 14.8 Å². The first-order valence-electron chi connectivity index (χ1n) is 9.01. The van der Waals surface area contributed by atoms with Crippen LogP contribution in [0.5, 0.6) is 0 Å². The number of sulfonamides is 1. The number of aryl methyl sites for hydroxylation is 1. The molecule has 25 heavy (non-hydrogen) atoms. The number of hydrogen-bond acceptors (Lipinski definition) is 4. The maximum atomic E-state index is 12.5. The predicted molar refractivity (Wildman–Crippen MR) is 96.6 cm³/mol. The first-order valence-corrected chi connectivity index (χ1v) is 10.5. The van der Waals surface area contributed by atoms with Crippen molar-refractivity contribution in [2.45, 2.75) is 31.1 Å². The number of benzene rings is 1. The number of carbonyl (C=O) groups is 1. The zero-order valence-electron chi connectivity index (χ0n) is 14.7. The van der Waals surface area contributed by atoms with E-state index in [4.69, 9.17) is 0 Å². The maximum absolute atomic E-state index is 12.5. The molecule has 0 spiro atoms. The molecule has 2 atom stereocenters. The fourth-order valence-electron chi connectivity index (χ4n) is 3.58. The first-order chi connectivity index (χ1) is 12.0. The maximum Gasteiger partial charge on any atom is 0.240 e. The van der Waals surface area contributed by atoms with Crippen LogP contribution in [0.2, 0.25) is 0 Å². The van der Waals surface area contributed by atoms with Gasteiger partial charge in [0.1, 0.15) is 0 Å². The molecule has 0 aromatic heterocycles. The van der Waals surface area contributed by atoms with Gasteiger partial charge in [-0.3, -0.25) is 4.79 Å². The number of nitrogens with zero attached hydrogens (tertiary/aromatic N) is 1. The Labute approximate surface area is 150 Å². The Balaban J connectivity index is 1.55. The summed E-state index contributed by atoms with van der Waals surface area (Å²) < 4.78 is 27.5. The fourth-order valence-corrected chi connectivity index (χ4v) is 4.70. The lowest BCUT2D eigenvalue weighted by atomic mass is 9.96. The third kappa shape index (κ3) is 4.59. The summed E-state index contributed by atoms with van der Waals surface area (Å²) in [6.45, 7) is 5.41. The molecule has 2 heterocycles.